The molecule has 1 saturated heterocycles. The molecule has 5 heteroatoms. The first-order chi connectivity index (χ1) is 13.1. The van der Waals surface area contributed by atoms with Gasteiger partial charge in [0.25, 0.3) is 5.56 Å². The Morgan fingerprint density at radius 1 is 1.18 bits per heavy atom. The minimum Gasteiger partial charge on any atom is -0.495 e. The lowest BCUT2D eigenvalue weighted by molar-refractivity contribution is 0.00552. The molecule has 1 atom stereocenters. The molecule has 1 aromatic carbocycles. The molecule has 2 N–H and O–H groups in total. The molecule has 2 heterocycles. The molecular formula is C23H33N3O2. The Labute approximate surface area is 168 Å². The zero-order chi connectivity index (χ0) is 20.5. The highest BCUT2D eigenvalue weighted by Crippen LogP contribution is 2.36. The van der Waals surface area contributed by atoms with Crippen LogP contribution in [0.5, 0.6) is 5.88 Å². The fraction of sp³-hybridized carbons (Fsp3) is 0.522. The molecule has 0 radical (unpaired) electrons. The normalized spacial score (nSPS) is 19.3. The first-order valence-electron chi connectivity index (χ1n) is 10.2. The smallest absolute Gasteiger partial charge is 0.250 e. The maximum absolute atomic E-state index is 11.7. The number of hydrogen-bond donors (Lipinski definition) is 2. The zero-order valence-corrected chi connectivity index (χ0v) is 17.7. The third kappa shape index (κ3) is 4.65. The van der Waals surface area contributed by atoms with E-state index in [-0.39, 0.29) is 17.0 Å². The summed E-state index contributed by atoms with van der Waals surface area (Å²) in [4.78, 5) is 19.1. The SMILES string of the molecule is CC(C)c1ccccc1C1CN(Cc2cc(O)[nH]c(=O)c2)CCN1C(C)(C)C. The van der Waals surface area contributed by atoms with Crippen LogP contribution in [-0.4, -0.2) is 45.1 Å². The molecule has 0 saturated carbocycles. The predicted octanol–water partition coefficient (Wildman–Crippen LogP) is 3.86. The van der Waals surface area contributed by atoms with E-state index in [1.807, 2.05) is 0 Å². The average Bonchev–Trinajstić information content (AvgIpc) is 2.59. The summed E-state index contributed by atoms with van der Waals surface area (Å²) in [6.07, 6.45) is 0. The highest BCUT2D eigenvalue weighted by molar-refractivity contribution is 5.33. The monoisotopic (exact) mass is 383 g/mol. The van der Waals surface area contributed by atoms with Gasteiger partial charge in [-0.3, -0.25) is 19.6 Å². The van der Waals surface area contributed by atoms with Crippen molar-refractivity contribution >= 4 is 0 Å². The fourth-order valence-corrected chi connectivity index (χ4v) is 4.33. The molecule has 1 aliphatic rings. The Kier molecular flexibility index (Phi) is 5.96. The van der Waals surface area contributed by atoms with Gasteiger partial charge in [0.1, 0.15) is 0 Å². The molecule has 28 heavy (non-hydrogen) atoms. The van der Waals surface area contributed by atoms with Gasteiger partial charge in [0.05, 0.1) is 0 Å². The Hall–Kier alpha value is -2.11. The lowest BCUT2D eigenvalue weighted by atomic mass is 9.88. The van der Waals surface area contributed by atoms with E-state index in [1.54, 1.807) is 12.1 Å². The van der Waals surface area contributed by atoms with Crippen LogP contribution in [0.15, 0.2) is 41.2 Å². The van der Waals surface area contributed by atoms with Gasteiger partial charge in [-0.05, 0) is 43.4 Å². The number of nitrogens with zero attached hydrogens (tertiary/aromatic N) is 2. The Balaban J connectivity index is 1.91. The van der Waals surface area contributed by atoms with Crippen molar-refractivity contribution in [2.75, 3.05) is 19.6 Å². The fourth-order valence-electron chi connectivity index (χ4n) is 4.33. The van der Waals surface area contributed by atoms with E-state index < -0.39 is 0 Å². The van der Waals surface area contributed by atoms with Crippen LogP contribution in [0.2, 0.25) is 0 Å². The molecule has 0 bridgehead atoms. The van der Waals surface area contributed by atoms with Gasteiger partial charge >= 0.3 is 0 Å². The second-order valence-electron chi connectivity index (χ2n) is 9.14. The minimum atomic E-state index is -0.259. The molecule has 152 valence electrons. The van der Waals surface area contributed by atoms with E-state index in [2.05, 4.69) is 73.7 Å². The van der Waals surface area contributed by atoms with Crippen molar-refractivity contribution < 1.29 is 5.11 Å². The van der Waals surface area contributed by atoms with Gasteiger partial charge in [0, 0.05) is 49.9 Å². The van der Waals surface area contributed by atoms with Gasteiger partial charge in [-0.25, -0.2) is 0 Å². The molecule has 0 aliphatic carbocycles. The number of aromatic nitrogens is 1. The maximum Gasteiger partial charge on any atom is 0.250 e. The Morgan fingerprint density at radius 2 is 1.89 bits per heavy atom. The van der Waals surface area contributed by atoms with Gasteiger partial charge in [0.15, 0.2) is 5.88 Å². The van der Waals surface area contributed by atoms with Crippen molar-refractivity contribution in [3.8, 4) is 5.88 Å². The van der Waals surface area contributed by atoms with Gasteiger partial charge in [-0.1, -0.05) is 38.1 Å². The minimum absolute atomic E-state index is 0.0717. The standard InChI is InChI=1S/C23H33N3O2/c1-16(2)18-8-6-7-9-19(18)20-15-25(10-11-26(20)23(3,4)5)14-17-12-21(27)24-22(28)13-17/h6-9,12-13,16,20H,10-11,14-15H2,1-5H3,(H2,24,27,28). The second kappa shape index (κ2) is 8.10. The van der Waals surface area contributed by atoms with E-state index in [0.717, 1.165) is 25.2 Å². The number of rotatable bonds is 4. The molecule has 3 rings (SSSR count). The van der Waals surface area contributed by atoms with Crippen molar-refractivity contribution in [2.45, 2.75) is 58.7 Å². The third-order valence-electron chi connectivity index (χ3n) is 5.60. The molecule has 0 amide bonds. The van der Waals surface area contributed by atoms with Crippen molar-refractivity contribution in [2.24, 2.45) is 0 Å². The number of aromatic hydroxyl groups is 1. The summed E-state index contributed by atoms with van der Waals surface area (Å²) < 4.78 is 0. The molecule has 1 aliphatic heterocycles. The van der Waals surface area contributed by atoms with Gasteiger partial charge < -0.3 is 5.11 Å². The number of benzene rings is 1. The number of nitrogens with one attached hydrogen (secondary N) is 1. The molecule has 1 fully saturated rings. The highest BCUT2D eigenvalue weighted by Gasteiger charge is 2.35. The molecule has 1 aromatic heterocycles. The average molecular weight is 384 g/mol. The summed E-state index contributed by atoms with van der Waals surface area (Å²) in [5, 5.41) is 9.72. The van der Waals surface area contributed by atoms with E-state index in [0.29, 0.717) is 18.5 Å². The van der Waals surface area contributed by atoms with Crippen LogP contribution < -0.4 is 5.56 Å². The van der Waals surface area contributed by atoms with Crippen LogP contribution in [0.3, 0.4) is 0 Å². The van der Waals surface area contributed by atoms with Crippen LogP contribution in [0, 0.1) is 0 Å². The summed E-state index contributed by atoms with van der Waals surface area (Å²) in [6, 6.07) is 12.3. The number of hydrogen-bond acceptors (Lipinski definition) is 4. The molecule has 5 nitrogen and oxygen atoms in total. The zero-order valence-electron chi connectivity index (χ0n) is 17.7. The second-order valence-corrected chi connectivity index (χ2v) is 9.14. The number of H-pyrrole nitrogens is 1. The Morgan fingerprint density at radius 3 is 2.54 bits per heavy atom. The van der Waals surface area contributed by atoms with E-state index in [4.69, 9.17) is 0 Å². The lowest BCUT2D eigenvalue weighted by Gasteiger charge is -2.49. The quantitative estimate of drug-likeness (QED) is 0.842. The molecule has 1 unspecified atom stereocenters. The maximum atomic E-state index is 11.7. The first-order valence-corrected chi connectivity index (χ1v) is 10.2. The van der Waals surface area contributed by atoms with Crippen molar-refractivity contribution in [3.63, 3.8) is 0 Å². The molecule has 2 aromatic rings. The van der Waals surface area contributed by atoms with Gasteiger partial charge in [-0.2, -0.15) is 0 Å². The van der Waals surface area contributed by atoms with Crippen LogP contribution >= 0.6 is 0 Å². The van der Waals surface area contributed by atoms with Gasteiger partial charge in [0.2, 0.25) is 0 Å². The van der Waals surface area contributed by atoms with Crippen LogP contribution in [-0.2, 0) is 6.54 Å². The van der Waals surface area contributed by atoms with Crippen molar-refractivity contribution in [1.82, 2.24) is 14.8 Å². The summed E-state index contributed by atoms with van der Waals surface area (Å²) in [5.41, 5.74) is 3.46. The number of pyridine rings is 1. The summed E-state index contributed by atoms with van der Waals surface area (Å²) in [6.45, 7) is 14.8. The predicted molar refractivity (Wildman–Crippen MR) is 114 cm³/mol. The van der Waals surface area contributed by atoms with Crippen molar-refractivity contribution in [3.05, 3.63) is 63.4 Å². The first kappa shape index (κ1) is 20.6. The number of piperazine rings is 1. The summed E-state index contributed by atoms with van der Waals surface area (Å²) in [5.74, 6) is 0.399. The highest BCUT2D eigenvalue weighted by atomic mass is 16.3. The molecule has 0 spiro atoms. The van der Waals surface area contributed by atoms with Crippen LogP contribution in [0.1, 0.15) is 63.3 Å². The molecular weight excluding hydrogens is 350 g/mol. The summed E-state index contributed by atoms with van der Waals surface area (Å²) >= 11 is 0. The lowest BCUT2D eigenvalue weighted by Crippen LogP contribution is -2.55. The third-order valence-corrected chi connectivity index (χ3v) is 5.60. The van der Waals surface area contributed by atoms with E-state index in [1.165, 1.54) is 11.1 Å². The topological polar surface area (TPSA) is 59.6 Å². The van der Waals surface area contributed by atoms with E-state index >= 15 is 0 Å². The summed E-state index contributed by atoms with van der Waals surface area (Å²) in [7, 11) is 0. The van der Waals surface area contributed by atoms with E-state index in [9.17, 15) is 9.90 Å². The largest absolute Gasteiger partial charge is 0.495 e. The van der Waals surface area contributed by atoms with Crippen LogP contribution in [0.25, 0.3) is 0 Å². The van der Waals surface area contributed by atoms with Crippen molar-refractivity contribution in [1.29, 1.82) is 0 Å². The van der Waals surface area contributed by atoms with Crippen LogP contribution in [0.4, 0.5) is 0 Å². The Bertz CT molecular complexity index is 867. The number of aromatic amines is 1. The van der Waals surface area contributed by atoms with Gasteiger partial charge in [-0.15, -0.1) is 0 Å².